The van der Waals surface area contributed by atoms with Crippen LogP contribution in [0.15, 0.2) is 18.2 Å². The Hall–Kier alpha value is -1.62. The van der Waals surface area contributed by atoms with Gasteiger partial charge in [-0.1, -0.05) is 29.8 Å². The molecule has 0 saturated carbocycles. The van der Waals surface area contributed by atoms with Gasteiger partial charge in [-0.2, -0.15) is 0 Å². The molecular weight excluding hydrogens is 243 g/mol. The fraction of sp³-hybridized carbons (Fsp3) is 0.273. The number of anilines is 1. The predicted octanol–water partition coefficient (Wildman–Crippen LogP) is 2.26. The van der Waals surface area contributed by atoms with Crippen molar-refractivity contribution in [2.45, 2.75) is 19.9 Å². The lowest BCUT2D eigenvalue weighted by molar-refractivity contribution is 0.567. The van der Waals surface area contributed by atoms with Crippen LogP contribution in [0, 0.1) is 5.82 Å². The molecule has 1 aromatic heterocycles. The molecule has 6 heteroatoms. The van der Waals surface area contributed by atoms with E-state index in [-0.39, 0.29) is 5.82 Å². The molecule has 0 radical (unpaired) electrons. The number of benzene rings is 1. The normalized spacial score (nSPS) is 10.8. The first-order valence-corrected chi connectivity index (χ1v) is 5.61. The topological polar surface area (TPSA) is 56.7 Å². The second kappa shape index (κ2) is 4.71. The summed E-state index contributed by atoms with van der Waals surface area (Å²) in [4.78, 5) is 0. The van der Waals surface area contributed by atoms with Gasteiger partial charge < -0.3 is 5.73 Å². The van der Waals surface area contributed by atoms with E-state index >= 15 is 0 Å². The van der Waals surface area contributed by atoms with Crippen molar-refractivity contribution in [1.82, 2.24) is 15.0 Å². The highest BCUT2D eigenvalue weighted by Gasteiger charge is 2.10. The minimum atomic E-state index is -0.353. The maximum Gasteiger partial charge on any atom is 0.169 e. The fourth-order valence-corrected chi connectivity index (χ4v) is 1.81. The van der Waals surface area contributed by atoms with Gasteiger partial charge >= 0.3 is 0 Å². The lowest BCUT2D eigenvalue weighted by Gasteiger charge is -2.06. The fourth-order valence-electron chi connectivity index (χ4n) is 1.65. The van der Waals surface area contributed by atoms with Crippen molar-refractivity contribution in [3.8, 4) is 0 Å². The molecule has 0 bridgehead atoms. The van der Waals surface area contributed by atoms with E-state index in [4.69, 9.17) is 17.3 Å². The lowest BCUT2D eigenvalue weighted by Crippen LogP contribution is -2.08. The minimum absolute atomic E-state index is 0.302. The highest BCUT2D eigenvalue weighted by atomic mass is 35.5. The van der Waals surface area contributed by atoms with Crippen molar-refractivity contribution >= 4 is 17.4 Å². The number of hydrogen-bond acceptors (Lipinski definition) is 3. The lowest BCUT2D eigenvalue weighted by atomic mass is 10.2. The third kappa shape index (κ3) is 2.39. The summed E-state index contributed by atoms with van der Waals surface area (Å²) in [6.45, 7) is 2.25. The molecule has 0 aliphatic carbocycles. The molecule has 2 N–H and O–H groups in total. The highest BCUT2D eigenvalue weighted by Crippen LogP contribution is 2.17. The predicted molar refractivity (Wildman–Crippen MR) is 64.3 cm³/mol. The van der Waals surface area contributed by atoms with Crippen LogP contribution in [0.1, 0.15) is 18.2 Å². The van der Waals surface area contributed by atoms with Crippen LogP contribution in [0.3, 0.4) is 0 Å². The second-order valence-electron chi connectivity index (χ2n) is 3.67. The molecule has 0 spiro atoms. The van der Waals surface area contributed by atoms with Crippen LogP contribution in [0.5, 0.6) is 0 Å². The first-order chi connectivity index (χ1) is 8.11. The van der Waals surface area contributed by atoms with Crippen LogP contribution in [0.2, 0.25) is 5.02 Å². The van der Waals surface area contributed by atoms with Crippen LogP contribution in [-0.4, -0.2) is 15.0 Å². The summed E-state index contributed by atoms with van der Waals surface area (Å²) >= 11 is 5.69. The van der Waals surface area contributed by atoms with Gasteiger partial charge in [0.25, 0.3) is 0 Å². The summed E-state index contributed by atoms with van der Waals surface area (Å²) in [7, 11) is 0. The van der Waals surface area contributed by atoms with E-state index in [1.54, 1.807) is 16.8 Å². The van der Waals surface area contributed by atoms with Crippen molar-refractivity contribution in [3.05, 3.63) is 40.3 Å². The van der Waals surface area contributed by atoms with E-state index in [2.05, 4.69) is 10.3 Å². The first kappa shape index (κ1) is 11.9. The molecule has 0 aliphatic rings. The molecule has 1 aromatic carbocycles. The van der Waals surface area contributed by atoms with Crippen molar-refractivity contribution in [3.63, 3.8) is 0 Å². The van der Waals surface area contributed by atoms with Crippen molar-refractivity contribution in [1.29, 1.82) is 0 Å². The van der Waals surface area contributed by atoms with E-state index in [1.807, 2.05) is 6.92 Å². The molecule has 0 atom stereocenters. The van der Waals surface area contributed by atoms with E-state index in [0.29, 0.717) is 29.4 Å². The van der Waals surface area contributed by atoms with Gasteiger partial charge in [0.2, 0.25) is 0 Å². The molecule has 0 unspecified atom stereocenters. The summed E-state index contributed by atoms with van der Waals surface area (Å²) in [5.41, 5.74) is 6.97. The van der Waals surface area contributed by atoms with Gasteiger partial charge in [0.1, 0.15) is 5.82 Å². The van der Waals surface area contributed by atoms with Gasteiger partial charge in [0.15, 0.2) is 5.82 Å². The van der Waals surface area contributed by atoms with Crippen molar-refractivity contribution in [2.75, 3.05) is 5.73 Å². The van der Waals surface area contributed by atoms with Gasteiger partial charge in [-0.3, -0.25) is 0 Å². The van der Waals surface area contributed by atoms with E-state index in [1.165, 1.54) is 6.07 Å². The molecule has 17 heavy (non-hydrogen) atoms. The molecule has 0 saturated heterocycles. The second-order valence-corrected chi connectivity index (χ2v) is 4.10. The van der Waals surface area contributed by atoms with Crippen molar-refractivity contribution < 1.29 is 4.39 Å². The number of nitrogens with zero attached hydrogens (tertiary/aromatic N) is 3. The Morgan fingerprint density at radius 1 is 1.47 bits per heavy atom. The molecule has 0 amide bonds. The summed E-state index contributed by atoms with van der Waals surface area (Å²) < 4.78 is 15.2. The number of hydrogen-bond donors (Lipinski definition) is 1. The number of halogens is 2. The largest absolute Gasteiger partial charge is 0.381 e. The number of nitrogens with two attached hydrogens (primary N) is 1. The third-order valence-electron chi connectivity index (χ3n) is 2.54. The van der Waals surface area contributed by atoms with Gasteiger partial charge in [-0.05, 0) is 18.6 Å². The zero-order chi connectivity index (χ0) is 12.4. The van der Waals surface area contributed by atoms with Gasteiger partial charge in [-0.25, -0.2) is 9.07 Å². The average Bonchev–Trinajstić information content (AvgIpc) is 2.63. The molecule has 90 valence electrons. The maximum atomic E-state index is 13.6. The molecule has 2 rings (SSSR count). The monoisotopic (exact) mass is 254 g/mol. The Morgan fingerprint density at radius 3 is 2.88 bits per heavy atom. The van der Waals surface area contributed by atoms with Crippen LogP contribution < -0.4 is 5.73 Å². The Balaban J connectivity index is 2.31. The number of aromatic nitrogens is 3. The Bertz CT molecular complexity index is 538. The Kier molecular flexibility index (Phi) is 3.28. The molecule has 1 heterocycles. The zero-order valence-electron chi connectivity index (χ0n) is 9.32. The van der Waals surface area contributed by atoms with Gasteiger partial charge in [-0.15, -0.1) is 5.10 Å². The summed E-state index contributed by atoms with van der Waals surface area (Å²) in [6, 6.07) is 4.56. The van der Waals surface area contributed by atoms with E-state index in [9.17, 15) is 4.39 Å². The Labute approximate surface area is 103 Å². The first-order valence-electron chi connectivity index (χ1n) is 5.23. The molecular formula is C11H12ClFN4. The van der Waals surface area contributed by atoms with Crippen LogP contribution in [0.4, 0.5) is 10.2 Å². The third-order valence-corrected chi connectivity index (χ3v) is 2.77. The minimum Gasteiger partial charge on any atom is -0.381 e. The number of rotatable bonds is 3. The average molecular weight is 255 g/mol. The highest BCUT2D eigenvalue weighted by molar-refractivity contribution is 6.30. The summed E-state index contributed by atoms with van der Waals surface area (Å²) in [5, 5.41) is 8.04. The van der Waals surface area contributed by atoms with E-state index < -0.39 is 0 Å². The molecule has 4 nitrogen and oxygen atoms in total. The zero-order valence-corrected chi connectivity index (χ0v) is 10.1. The smallest absolute Gasteiger partial charge is 0.169 e. The molecule has 0 aliphatic heterocycles. The summed E-state index contributed by atoms with van der Waals surface area (Å²) in [5.74, 6) is 0.0375. The standard InChI is InChI=1S/C11H12ClFN4/c1-2-10-11(14)15-16-17(10)6-7-3-4-8(12)5-9(7)13/h3-5H,2,6,14H2,1H3. The maximum absolute atomic E-state index is 13.6. The van der Waals surface area contributed by atoms with Gasteiger partial charge in [0.05, 0.1) is 12.2 Å². The van der Waals surface area contributed by atoms with Crippen LogP contribution in [0.25, 0.3) is 0 Å². The van der Waals surface area contributed by atoms with E-state index in [0.717, 1.165) is 5.69 Å². The van der Waals surface area contributed by atoms with Crippen LogP contribution in [-0.2, 0) is 13.0 Å². The SMILES string of the molecule is CCc1c(N)nnn1Cc1ccc(Cl)cc1F. The molecule has 0 fully saturated rings. The van der Waals surface area contributed by atoms with Crippen molar-refractivity contribution in [2.24, 2.45) is 0 Å². The molecule has 2 aromatic rings. The van der Waals surface area contributed by atoms with Crippen LogP contribution >= 0.6 is 11.6 Å². The Morgan fingerprint density at radius 2 is 2.24 bits per heavy atom. The quantitative estimate of drug-likeness (QED) is 0.914. The summed E-state index contributed by atoms with van der Waals surface area (Å²) in [6.07, 6.45) is 0.702. The van der Waals surface area contributed by atoms with Gasteiger partial charge in [0, 0.05) is 10.6 Å². The number of nitrogen functional groups attached to an aromatic ring is 1.